The van der Waals surface area contributed by atoms with Crippen LogP contribution in [0.2, 0.25) is 0 Å². The first kappa shape index (κ1) is 12.1. The van der Waals surface area contributed by atoms with Crippen molar-refractivity contribution in [1.29, 1.82) is 0 Å². The summed E-state index contributed by atoms with van der Waals surface area (Å²) < 4.78 is 5.19. The van der Waals surface area contributed by atoms with Gasteiger partial charge in [0.05, 0.1) is 5.69 Å². The third-order valence-electron chi connectivity index (χ3n) is 3.82. The molecule has 0 bridgehead atoms. The second-order valence-electron chi connectivity index (χ2n) is 4.81. The normalized spacial score (nSPS) is 24.6. The molecule has 0 unspecified atom stereocenters. The molecule has 3 N–H and O–H groups in total. The minimum atomic E-state index is -0.0449. The highest BCUT2D eigenvalue weighted by molar-refractivity contribution is 5.78. The summed E-state index contributed by atoms with van der Waals surface area (Å²) in [5.74, 6) is 6.48. The van der Waals surface area contributed by atoms with Crippen molar-refractivity contribution in [3.05, 3.63) is 17.0 Å². The van der Waals surface area contributed by atoms with Gasteiger partial charge in [-0.15, -0.1) is 0 Å². The molecule has 0 saturated heterocycles. The minimum Gasteiger partial charge on any atom is -0.361 e. The first-order chi connectivity index (χ1) is 8.13. The molecule has 0 radical (unpaired) electrons. The predicted molar refractivity (Wildman–Crippen MR) is 63.0 cm³/mol. The fourth-order valence-corrected chi connectivity index (χ4v) is 2.56. The number of carbonyl (C=O) groups excluding carboxylic acids is 1. The number of amides is 1. The Morgan fingerprint density at radius 2 is 2.00 bits per heavy atom. The average Bonchev–Trinajstić information content (AvgIpc) is 2.69. The van der Waals surface area contributed by atoms with Gasteiger partial charge < -0.3 is 4.52 Å². The molecule has 94 valence electrons. The zero-order valence-corrected chi connectivity index (χ0v) is 10.3. The molecule has 17 heavy (non-hydrogen) atoms. The fourth-order valence-electron chi connectivity index (χ4n) is 2.56. The summed E-state index contributed by atoms with van der Waals surface area (Å²) in [5.41, 5.74) is 4.45. The number of nitrogens with two attached hydrogens (primary N) is 1. The van der Waals surface area contributed by atoms with Crippen LogP contribution in [0.4, 0.5) is 0 Å². The van der Waals surface area contributed by atoms with Crippen LogP contribution in [-0.4, -0.2) is 11.1 Å². The number of hydrogen-bond acceptors (Lipinski definition) is 4. The number of hydrazine groups is 1. The first-order valence-corrected chi connectivity index (χ1v) is 6.06. The van der Waals surface area contributed by atoms with E-state index < -0.39 is 0 Å². The lowest BCUT2D eigenvalue weighted by Gasteiger charge is -2.26. The highest BCUT2D eigenvalue weighted by atomic mass is 16.5. The summed E-state index contributed by atoms with van der Waals surface area (Å²) in [6.45, 7) is 3.97. The second-order valence-corrected chi connectivity index (χ2v) is 4.81. The summed E-state index contributed by atoms with van der Waals surface area (Å²) >= 11 is 0. The predicted octanol–water partition coefficient (Wildman–Crippen LogP) is 1.56. The van der Waals surface area contributed by atoms with Crippen molar-refractivity contribution >= 4 is 5.91 Å². The van der Waals surface area contributed by atoms with Crippen molar-refractivity contribution in [2.24, 2.45) is 11.8 Å². The van der Waals surface area contributed by atoms with Crippen LogP contribution in [0.15, 0.2) is 4.52 Å². The highest BCUT2D eigenvalue weighted by Gasteiger charge is 2.29. The van der Waals surface area contributed by atoms with Crippen LogP contribution in [0.3, 0.4) is 0 Å². The smallest absolute Gasteiger partial charge is 0.236 e. The molecule has 1 aromatic heterocycles. The summed E-state index contributed by atoms with van der Waals surface area (Å²) in [6, 6.07) is 0. The van der Waals surface area contributed by atoms with Gasteiger partial charge in [0, 0.05) is 17.4 Å². The van der Waals surface area contributed by atoms with E-state index in [9.17, 15) is 4.79 Å². The largest absolute Gasteiger partial charge is 0.361 e. The number of aryl methyl sites for hydroxylation is 1. The summed E-state index contributed by atoms with van der Waals surface area (Å²) in [7, 11) is 0. The molecular formula is C12H19N3O2. The van der Waals surface area contributed by atoms with Gasteiger partial charge >= 0.3 is 0 Å². The van der Waals surface area contributed by atoms with Gasteiger partial charge in [0.2, 0.25) is 5.91 Å². The van der Waals surface area contributed by atoms with Gasteiger partial charge in [-0.3, -0.25) is 10.2 Å². The van der Waals surface area contributed by atoms with Gasteiger partial charge in [-0.2, -0.15) is 0 Å². The quantitative estimate of drug-likeness (QED) is 0.464. The number of nitrogens with zero attached hydrogens (tertiary/aromatic N) is 1. The standard InChI is InChI=1S/C12H19N3O2/c1-7-8(2)17-15-11(7)9-3-5-10(6-4-9)12(16)14-13/h9-10H,3-6,13H2,1-2H3,(H,14,16)/t9-,10-. The van der Waals surface area contributed by atoms with E-state index in [1.54, 1.807) is 0 Å². The van der Waals surface area contributed by atoms with E-state index in [1.165, 1.54) is 0 Å². The maximum atomic E-state index is 11.4. The van der Waals surface area contributed by atoms with Gasteiger partial charge in [0.15, 0.2) is 0 Å². The Labute approximate surface area is 101 Å². The molecule has 2 rings (SSSR count). The van der Waals surface area contributed by atoms with Crippen LogP contribution in [0, 0.1) is 19.8 Å². The van der Waals surface area contributed by atoms with E-state index in [0.29, 0.717) is 5.92 Å². The zero-order valence-electron chi connectivity index (χ0n) is 10.3. The summed E-state index contributed by atoms with van der Waals surface area (Å²) in [5, 5.41) is 4.13. The van der Waals surface area contributed by atoms with Gasteiger partial charge in [-0.25, -0.2) is 5.84 Å². The van der Waals surface area contributed by atoms with E-state index in [1.807, 2.05) is 13.8 Å². The number of hydrogen-bond donors (Lipinski definition) is 2. The van der Waals surface area contributed by atoms with E-state index in [-0.39, 0.29) is 11.8 Å². The van der Waals surface area contributed by atoms with E-state index in [0.717, 1.165) is 42.7 Å². The molecule has 1 heterocycles. The molecule has 5 heteroatoms. The molecule has 0 spiro atoms. The number of carbonyl (C=O) groups is 1. The van der Waals surface area contributed by atoms with Crippen molar-refractivity contribution in [2.75, 3.05) is 0 Å². The van der Waals surface area contributed by atoms with Gasteiger partial charge in [0.1, 0.15) is 5.76 Å². The molecule has 0 aromatic carbocycles. The average molecular weight is 237 g/mol. The molecule has 5 nitrogen and oxygen atoms in total. The first-order valence-electron chi connectivity index (χ1n) is 6.06. The highest BCUT2D eigenvalue weighted by Crippen LogP contribution is 2.36. The lowest BCUT2D eigenvalue weighted by molar-refractivity contribution is -0.126. The van der Waals surface area contributed by atoms with Crippen molar-refractivity contribution in [2.45, 2.75) is 45.4 Å². The number of aromatic nitrogens is 1. The van der Waals surface area contributed by atoms with Crippen molar-refractivity contribution in [1.82, 2.24) is 10.6 Å². The maximum Gasteiger partial charge on any atom is 0.236 e. The molecule has 1 aliphatic carbocycles. The van der Waals surface area contributed by atoms with Gasteiger partial charge in [-0.1, -0.05) is 5.16 Å². The van der Waals surface area contributed by atoms with Crippen LogP contribution in [-0.2, 0) is 4.79 Å². The molecule has 0 atom stereocenters. The van der Waals surface area contributed by atoms with Crippen LogP contribution < -0.4 is 11.3 Å². The lowest BCUT2D eigenvalue weighted by atomic mass is 9.79. The molecule has 0 aliphatic heterocycles. The second kappa shape index (κ2) is 4.87. The monoisotopic (exact) mass is 237 g/mol. The Morgan fingerprint density at radius 1 is 1.35 bits per heavy atom. The molecule has 1 saturated carbocycles. The summed E-state index contributed by atoms with van der Waals surface area (Å²) in [4.78, 5) is 11.4. The zero-order chi connectivity index (χ0) is 12.4. The lowest BCUT2D eigenvalue weighted by Crippen LogP contribution is -2.37. The Kier molecular flexibility index (Phi) is 3.47. The van der Waals surface area contributed by atoms with Crippen LogP contribution in [0.25, 0.3) is 0 Å². The van der Waals surface area contributed by atoms with Gasteiger partial charge in [-0.05, 0) is 39.5 Å². The maximum absolute atomic E-state index is 11.4. The van der Waals surface area contributed by atoms with E-state index in [4.69, 9.17) is 10.4 Å². The molecular weight excluding hydrogens is 218 g/mol. The fraction of sp³-hybridized carbons (Fsp3) is 0.667. The van der Waals surface area contributed by atoms with Crippen molar-refractivity contribution in [3.63, 3.8) is 0 Å². The molecule has 1 fully saturated rings. The molecule has 1 aromatic rings. The van der Waals surface area contributed by atoms with Crippen molar-refractivity contribution < 1.29 is 9.32 Å². The summed E-state index contributed by atoms with van der Waals surface area (Å²) in [6.07, 6.45) is 3.70. The Hall–Kier alpha value is -1.36. The third-order valence-corrected chi connectivity index (χ3v) is 3.82. The molecule has 1 aliphatic rings. The van der Waals surface area contributed by atoms with Crippen LogP contribution in [0.5, 0.6) is 0 Å². The third kappa shape index (κ3) is 2.34. The van der Waals surface area contributed by atoms with Gasteiger partial charge in [0.25, 0.3) is 0 Å². The Morgan fingerprint density at radius 3 is 2.47 bits per heavy atom. The number of rotatable bonds is 2. The Bertz CT molecular complexity index is 406. The van der Waals surface area contributed by atoms with E-state index >= 15 is 0 Å². The minimum absolute atomic E-state index is 0.0449. The Balaban J connectivity index is 2.00. The van der Waals surface area contributed by atoms with Crippen LogP contribution >= 0.6 is 0 Å². The number of nitrogens with one attached hydrogen (secondary N) is 1. The van der Waals surface area contributed by atoms with Crippen molar-refractivity contribution in [3.8, 4) is 0 Å². The topological polar surface area (TPSA) is 81.2 Å². The van der Waals surface area contributed by atoms with E-state index in [2.05, 4.69) is 10.6 Å². The van der Waals surface area contributed by atoms with Crippen LogP contribution in [0.1, 0.15) is 48.6 Å². The molecule has 1 amide bonds. The SMILES string of the molecule is Cc1onc([C@H]2CC[C@H](C(=O)NN)CC2)c1C.